The molecule has 2 aliphatic carbocycles. The molecule has 0 N–H and O–H groups in total. The van der Waals surface area contributed by atoms with Gasteiger partial charge in [-0.1, -0.05) is 24.3 Å². The van der Waals surface area contributed by atoms with Crippen molar-refractivity contribution in [3.8, 4) is 11.5 Å². The molecule has 14 heteroatoms. The van der Waals surface area contributed by atoms with Crippen molar-refractivity contribution in [3.05, 3.63) is 96.1 Å². The number of fused-ring (bicyclic) bond motifs is 2. The van der Waals surface area contributed by atoms with Gasteiger partial charge >= 0.3 is 11.9 Å². The molecule has 0 bridgehead atoms. The number of rotatable bonds is 10. The molecule has 2 atom stereocenters. The van der Waals surface area contributed by atoms with Gasteiger partial charge in [0.15, 0.2) is 0 Å². The highest BCUT2D eigenvalue weighted by Gasteiger charge is 2.33. The Bertz CT molecular complexity index is 1810. The van der Waals surface area contributed by atoms with Gasteiger partial charge in [0.2, 0.25) is 11.8 Å². The van der Waals surface area contributed by atoms with E-state index in [2.05, 4.69) is 9.97 Å². The molecule has 260 valence electrons. The van der Waals surface area contributed by atoms with E-state index in [0.29, 0.717) is 84.2 Å². The van der Waals surface area contributed by atoms with Crippen molar-refractivity contribution in [2.24, 2.45) is 11.8 Å². The van der Waals surface area contributed by atoms with Crippen molar-refractivity contribution in [3.63, 3.8) is 0 Å². The number of aromatic nitrogens is 4. The van der Waals surface area contributed by atoms with Gasteiger partial charge in [-0.15, -0.1) is 0 Å². The summed E-state index contributed by atoms with van der Waals surface area (Å²) in [7, 11) is 6.57. The van der Waals surface area contributed by atoms with Gasteiger partial charge in [0.1, 0.15) is 24.2 Å². The maximum Gasteiger partial charge on any atom is 0.356 e. The molecule has 6 rings (SSSR count). The van der Waals surface area contributed by atoms with Crippen LogP contribution in [0.25, 0.3) is 0 Å². The van der Waals surface area contributed by atoms with Gasteiger partial charge in [0.05, 0.1) is 48.4 Å². The van der Waals surface area contributed by atoms with E-state index >= 15 is 0 Å². The molecule has 2 aromatic carbocycles. The summed E-state index contributed by atoms with van der Waals surface area (Å²) < 4.78 is 13.4. The molecule has 0 fully saturated rings. The van der Waals surface area contributed by atoms with E-state index < -0.39 is 11.9 Å². The number of nitrogens with zero attached hydrogens (tertiary/aromatic N) is 6. The normalized spacial score (nSPS) is 16.6. The van der Waals surface area contributed by atoms with Crippen LogP contribution in [0.15, 0.2) is 73.3 Å². The molecule has 0 saturated heterocycles. The lowest BCUT2D eigenvalue weighted by Crippen LogP contribution is -2.36. The summed E-state index contributed by atoms with van der Waals surface area (Å²) in [6, 6.07) is 14.6. The minimum absolute atomic E-state index is 0.0580. The van der Waals surface area contributed by atoms with Gasteiger partial charge in [-0.25, -0.2) is 19.6 Å². The molecule has 14 nitrogen and oxygen atoms in total. The Hall–Kier alpha value is -5.92. The first-order valence-electron chi connectivity index (χ1n) is 16.2. The molecule has 50 heavy (non-hydrogen) atoms. The number of carbonyl (C=O) groups excluding carboxylic acids is 4. The van der Waals surface area contributed by atoms with Crippen molar-refractivity contribution in [2.45, 2.75) is 38.5 Å². The average molecular weight is 683 g/mol. The van der Waals surface area contributed by atoms with Crippen molar-refractivity contribution in [2.75, 3.05) is 38.1 Å². The van der Waals surface area contributed by atoms with Crippen LogP contribution in [0.5, 0.6) is 11.5 Å². The molecular weight excluding hydrogens is 644 g/mol. The Labute approximate surface area is 288 Å². The lowest BCUT2D eigenvalue weighted by atomic mass is 9.88. The Morgan fingerprint density at radius 3 is 1.48 bits per heavy atom. The molecule has 2 unspecified atom stereocenters. The van der Waals surface area contributed by atoms with Crippen molar-refractivity contribution >= 4 is 35.1 Å². The standard InChI is InChI=1S/C36H38N6O8/c1-39(29-9-5-7-11-31(29)47-3)35(45)23-13-15-27-25(19-23)37-21-41(27)49-33(43)17-18-34(44)50-42-22-38-26-20-24(14-16-28(26)42)36(46)40(2)30-10-6-8-12-32(30)48-4/h5-12,17-18,21-24H,13-16,19-20H2,1-4H3/b18-17+. The minimum Gasteiger partial charge on any atom is -0.495 e. The summed E-state index contributed by atoms with van der Waals surface area (Å²) in [5.74, 6) is -1.11. The third-order valence-electron chi connectivity index (χ3n) is 9.16. The predicted molar refractivity (Wildman–Crippen MR) is 181 cm³/mol. The number of amides is 2. The molecular formula is C36H38N6O8. The summed E-state index contributed by atoms with van der Waals surface area (Å²) in [6.45, 7) is 0. The van der Waals surface area contributed by atoms with Crippen LogP contribution in [-0.2, 0) is 44.9 Å². The summed E-state index contributed by atoms with van der Waals surface area (Å²) >= 11 is 0. The van der Waals surface area contributed by atoms with E-state index in [4.69, 9.17) is 19.1 Å². The van der Waals surface area contributed by atoms with E-state index in [9.17, 15) is 19.2 Å². The highest BCUT2D eigenvalue weighted by Crippen LogP contribution is 2.33. The Kier molecular flexibility index (Phi) is 9.97. The van der Waals surface area contributed by atoms with Gasteiger partial charge in [-0.2, -0.15) is 9.46 Å². The Morgan fingerprint density at radius 2 is 1.08 bits per heavy atom. The number of imidazole rings is 2. The second-order valence-corrected chi connectivity index (χ2v) is 12.1. The Morgan fingerprint density at radius 1 is 0.680 bits per heavy atom. The van der Waals surface area contributed by atoms with E-state index in [1.165, 1.54) is 22.1 Å². The summed E-state index contributed by atoms with van der Waals surface area (Å²) in [4.78, 5) is 74.6. The first-order chi connectivity index (χ1) is 24.2. The third-order valence-corrected chi connectivity index (χ3v) is 9.16. The molecule has 0 radical (unpaired) electrons. The highest BCUT2D eigenvalue weighted by molar-refractivity contribution is 5.97. The topological polar surface area (TPSA) is 147 Å². The average Bonchev–Trinajstić information content (AvgIpc) is 3.75. The predicted octanol–water partition coefficient (Wildman–Crippen LogP) is 2.80. The van der Waals surface area contributed by atoms with Crippen LogP contribution >= 0.6 is 0 Å². The zero-order chi connectivity index (χ0) is 35.4. The van der Waals surface area contributed by atoms with E-state index in [1.807, 2.05) is 36.4 Å². The summed E-state index contributed by atoms with van der Waals surface area (Å²) in [5, 5.41) is 0. The molecule has 2 amide bonds. The Balaban J connectivity index is 1.01. The SMILES string of the molecule is COc1ccccc1N(C)C(=O)C1CCc2c(ncn2OC(=O)/C=C/C(=O)On2cnc3c2CCC(C(=O)N(C)c2ccccc2OC)C3)C1. The fourth-order valence-electron chi connectivity index (χ4n) is 6.50. The second-order valence-electron chi connectivity index (χ2n) is 12.1. The van der Waals surface area contributed by atoms with Crippen molar-refractivity contribution < 1.29 is 38.3 Å². The van der Waals surface area contributed by atoms with Gasteiger partial charge in [0.25, 0.3) is 0 Å². The zero-order valence-corrected chi connectivity index (χ0v) is 28.3. The van der Waals surface area contributed by atoms with Gasteiger partial charge in [-0.05, 0) is 49.9 Å². The monoisotopic (exact) mass is 682 g/mol. The van der Waals surface area contributed by atoms with Gasteiger partial charge in [-0.3, -0.25) is 9.59 Å². The zero-order valence-electron chi connectivity index (χ0n) is 28.3. The number of hydrogen-bond donors (Lipinski definition) is 0. The van der Waals surface area contributed by atoms with Crippen molar-refractivity contribution in [1.82, 2.24) is 19.4 Å². The number of benzene rings is 2. The first-order valence-corrected chi connectivity index (χ1v) is 16.2. The molecule has 0 spiro atoms. The van der Waals surface area contributed by atoms with Gasteiger partial charge in [0, 0.05) is 50.9 Å². The van der Waals surface area contributed by atoms with Crippen LogP contribution in [0.3, 0.4) is 0 Å². The lowest BCUT2D eigenvalue weighted by Gasteiger charge is -2.27. The quantitative estimate of drug-likeness (QED) is 0.229. The van der Waals surface area contributed by atoms with Crippen LogP contribution < -0.4 is 28.9 Å². The number of anilines is 2. The van der Waals surface area contributed by atoms with E-state index in [1.54, 1.807) is 50.2 Å². The van der Waals surface area contributed by atoms with Crippen LogP contribution in [-0.4, -0.2) is 71.5 Å². The fourth-order valence-corrected chi connectivity index (χ4v) is 6.50. The number of carbonyl (C=O) groups is 4. The first kappa shape index (κ1) is 34.0. The summed E-state index contributed by atoms with van der Waals surface area (Å²) in [6.07, 6.45) is 7.52. The van der Waals surface area contributed by atoms with Gasteiger partial charge < -0.3 is 28.9 Å². The summed E-state index contributed by atoms with van der Waals surface area (Å²) in [5.41, 5.74) is 4.07. The molecule has 2 aliphatic rings. The van der Waals surface area contributed by atoms with Crippen LogP contribution in [0.2, 0.25) is 0 Å². The van der Waals surface area contributed by atoms with E-state index in [-0.39, 0.29) is 23.7 Å². The minimum atomic E-state index is -0.801. The number of methoxy groups -OCH3 is 2. The van der Waals surface area contributed by atoms with Crippen LogP contribution in [0.4, 0.5) is 11.4 Å². The number of ether oxygens (including phenoxy) is 2. The maximum absolute atomic E-state index is 13.3. The smallest absolute Gasteiger partial charge is 0.356 e. The molecule has 4 aromatic rings. The van der Waals surface area contributed by atoms with Crippen molar-refractivity contribution in [1.29, 1.82) is 0 Å². The highest BCUT2D eigenvalue weighted by atomic mass is 16.7. The molecule has 0 saturated carbocycles. The van der Waals surface area contributed by atoms with Crippen LogP contribution in [0.1, 0.15) is 35.6 Å². The molecule has 0 aliphatic heterocycles. The maximum atomic E-state index is 13.3. The third kappa shape index (κ3) is 6.95. The second kappa shape index (κ2) is 14.7. The number of hydrogen-bond acceptors (Lipinski definition) is 10. The van der Waals surface area contributed by atoms with Crippen LogP contribution in [0, 0.1) is 11.8 Å². The molecule has 2 aromatic heterocycles. The van der Waals surface area contributed by atoms with E-state index in [0.717, 1.165) is 12.2 Å². The fraction of sp³-hybridized carbons (Fsp3) is 0.333. The molecule has 2 heterocycles. The lowest BCUT2D eigenvalue weighted by molar-refractivity contribution is -0.141. The number of para-hydroxylation sites is 4. The largest absolute Gasteiger partial charge is 0.495 e.